The molecule has 1 aromatic heterocycles. The van der Waals surface area contributed by atoms with Gasteiger partial charge in [-0.3, -0.25) is 4.79 Å². The molecule has 3 aromatic carbocycles. The number of rotatable bonds is 9. The third kappa shape index (κ3) is 6.11. The molecule has 0 amide bonds. The number of aromatic nitrogens is 2. The second-order valence-corrected chi connectivity index (χ2v) is 8.40. The molecule has 11 heteroatoms. The number of nitrogens with zero attached hydrogens (tertiary/aromatic N) is 2. The molecule has 0 radical (unpaired) electrons. The number of allylic oxidation sites excluding steroid dienone is 1. The zero-order chi connectivity index (χ0) is 26.5. The van der Waals surface area contributed by atoms with Gasteiger partial charge >= 0.3 is 35.5 Å². The molecule has 0 atom stereocenters. The van der Waals surface area contributed by atoms with E-state index in [-0.39, 0.29) is 58.3 Å². The van der Waals surface area contributed by atoms with Gasteiger partial charge in [-0.25, -0.2) is 4.79 Å². The Balaban J connectivity index is 0.00000400. The van der Waals surface area contributed by atoms with E-state index >= 15 is 0 Å². The van der Waals surface area contributed by atoms with Crippen LogP contribution in [0.2, 0.25) is 0 Å². The van der Waals surface area contributed by atoms with Crippen molar-refractivity contribution in [2.24, 2.45) is 0 Å². The van der Waals surface area contributed by atoms with Crippen molar-refractivity contribution in [2.45, 2.75) is 6.42 Å². The Kier molecular flexibility index (Phi) is 9.76. The molecule has 0 saturated carbocycles. The molecule has 0 aliphatic rings. The van der Waals surface area contributed by atoms with Crippen molar-refractivity contribution in [2.75, 3.05) is 21.3 Å². The number of hydrogen-bond acceptors (Lipinski definition) is 10. The summed E-state index contributed by atoms with van der Waals surface area (Å²) in [6, 6.07) is 15.7. The Morgan fingerprint density at radius 1 is 0.789 bits per heavy atom. The molecule has 0 saturated heterocycles. The molecule has 0 spiro atoms. The molecule has 0 aliphatic carbocycles. The van der Waals surface area contributed by atoms with Crippen molar-refractivity contribution in [1.29, 1.82) is 0 Å². The molecule has 0 N–H and O–H groups in total. The number of ether oxygens (including phenoxy) is 3. The van der Waals surface area contributed by atoms with Gasteiger partial charge in [0.25, 0.3) is 0 Å². The number of esters is 1. The fourth-order valence-electron chi connectivity index (χ4n) is 3.87. The Morgan fingerprint density at radius 2 is 1.42 bits per heavy atom. The van der Waals surface area contributed by atoms with E-state index in [2.05, 4.69) is 8.75 Å². The summed E-state index contributed by atoms with van der Waals surface area (Å²) in [7, 11) is 4.19. The zero-order valence-corrected chi connectivity index (χ0v) is 24.0. The van der Waals surface area contributed by atoms with Crippen LogP contribution >= 0.6 is 11.7 Å². The van der Waals surface area contributed by atoms with Crippen molar-refractivity contribution in [3.63, 3.8) is 0 Å². The average Bonchev–Trinajstić information content (AvgIpc) is 3.39. The quantitative estimate of drug-likeness (QED) is 0.126. The van der Waals surface area contributed by atoms with E-state index in [1.54, 1.807) is 48.5 Å². The van der Waals surface area contributed by atoms with Gasteiger partial charge in [-0.1, -0.05) is 18.2 Å². The third-order valence-corrected chi connectivity index (χ3v) is 6.28. The number of benzene rings is 3. The van der Waals surface area contributed by atoms with Crippen LogP contribution in [0.25, 0.3) is 16.6 Å². The summed E-state index contributed by atoms with van der Waals surface area (Å²) >= 11 is 0.999. The van der Waals surface area contributed by atoms with Gasteiger partial charge in [-0.15, -0.1) is 0 Å². The molecule has 0 unspecified atom stereocenters. The SMILES string of the molecule is COC(=O)c1ccc(CC(C(=O)c2ccc(OC)c(OC)c2)=C(C(=O)[O-])c2ccc3nsnc3c2)cc1.[Na+]. The third-order valence-electron chi connectivity index (χ3n) is 5.72. The normalized spacial score (nSPS) is 11.2. The monoisotopic (exact) mass is 540 g/mol. The number of carboxylic acid groups (broad SMARTS) is 1. The van der Waals surface area contributed by atoms with Crippen molar-refractivity contribution in [3.8, 4) is 11.5 Å². The minimum atomic E-state index is -1.52. The average molecular weight is 541 g/mol. The number of hydrogen-bond donors (Lipinski definition) is 0. The van der Waals surface area contributed by atoms with Crippen LogP contribution in [0.1, 0.15) is 31.8 Å². The van der Waals surface area contributed by atoms with Gasteiger partial charge in [0.05, 0.1) is 44.6 Å². The molecule has 38 heavy (non-hydrogen) atoms. The molecule has 4 aromatic rings. The Labute approximate surface area is 244 Å². The van der Waals surface area contributed by atoms with Gasteiger partial charge in [0.2, 0.25) is 0 Å². The Morgan fingerprint density at radius 3 is 2.05 bits per heavy atom. The maximum atomic E-state index is 13.8. The van der Waals surface area contributed by atoms with Gasteiger partial charge in [0.15, 0.2) is 17.3 Å². The van der Waals surface area contributed by atoms with E-state index in [0.717, 1.165) is 11.7 Å². The van der Waals surface area contributed by atoms with Crippen LogP contribution in [0, 0.1) is 0 Å². The summed E-state index contributed by atoms with van der Waals surface area (Å²) in [6.07, 6.45) is -0.0503. The van der Waals surface area contributed by atoms with Crippen molar-refractivity contribution >= 4 is 46.1 Å². The number of methoxy groups -OCH3 is 3. The Bertz CT molecular complexity index is 1530. The van der Waals surface area contributed by atoms with Crippen LogP contribution in [0.4, 0.5) is 0 Å². The van der Waals surface area contributed by atoms with Crippen LogP contribution in [0.5, 0.6) is 11.5 Å². The van der Waals surface area contributed by atoms with E-state index in [9.17, 15) is 19.5 Å². The maximum Gasteiger partial charge on any atom is 1.00 e. The summed E-state index contributed by atoms with van der Waals surface area (Å²) in [6.45, 7) is 0. The van der Waals surface area contributed by atoms with Gasteiger partial charge in [-0.2, -0.15) is 8.75 Å². The molecule has 188 valence electrons. The minimum Gasteiger partial charge on any atom is -0.545 e. The van der Waals surface area contributed by atoms with E-state index in [1.165, 1.54) is 33.5 Å². The van der Waals surface area contributed by atoms with Crippen LogP contribution < -0.4 is 44.1 Å². The second-order valence-electron chi connectivity index (χ2n) is 7.87. The van der Waals surface area contributed by atoms with Crippen LogP contribution in [-0.2, 0) is 16.0 Å². The first-order valence-electron chi connectivity index (χ1n) is 11.0. The number of carbonyl (C=O) groups excluding carboxylic acids is 3. The maximum absolute atomic E-state index is 13.8. The number of fused-ring (bicyclic) bond motifs is 1. The number of aliphatic carboxylic acids is 1. The first kappa shape index (κ1) is 29.0. The second kappa shape index (κ2) is 12.8. The fourth-order valence-corrected chi connectivity index (χ4v) is 4.38. The molecule has 4 rings (SSSR count). The van der Waals surface area contributed by atoms with Crippen LogP contribution in [0.3, 0.4) is 0 Å². The summed E-state index contributed by atoms with van der Waals surface area (Å²) in [5, 5.41) is 12.5. The van der Waals surface area contributed by atoms with Gasteiger partial charge < -0.3 is 24.1 Å². The first-order chi connectivity index (χ1) is 17.9. The van der Waals surface area contributed by atoms with Crippen molar-refractivity contribution < 1.29 is 63.3 Å². The van der Waals surface area contributed by atoms with Crippen molar-refractivity contribution in [1.82, 2.24) is 8.75 Å². The number of ketones is 1. The number of Topliss-reactive ketones (excluding diaryl/α,β-unsaturated/α-hetero) is 1. The summed E-state index contributed by atoms with van der Waals surface area (Å²) in [5.74, 6) is -1.82. The molecule has 0 bridgehead atoms. The molecule has 0 aliphatic heterocycles. The topological polar surface area (TPSA) is 128 Å². The van der Waals surface area contributed by atoms with Crippen molar-refractivity contribution in [3.05, 3.63) is 88.5 Å². The zero-order valence-electron chi connectivity index (χ0n) is 21.1. The minimum absolute atomic E-state index is 0. The molecule has 0 fully saturated rings. The fraction of sp³-hybridized carbons (Fsp3) is 0.148. The van der Waals surface area contributed by atoms with E-state index in [4.69, 9.17) is 14.2 Å². The van der Waals surface area contributed by atoms with Gasteiger partial charge in [0, 0.05) is 23.1 Å². The standard InChI is InChI=1S/C27H22N2O7S.Na/c1-34-22-11-9-18(14-23(22)35-2)25(30)19(12-15-4-6-16(7-5-15)27(33)36-3)24(26(31)32)17-8-10-20-21(13-17)29-37-28-20;/h4-11,13-14H,12H2,1-3H3,(H,31,32);/q;+1/p-1. The first-order valence-corrected chi connectivity index (χ1v) is 11.7. The summed E-state index contributed by atoms with van der Waals surface area (Å²) < 4.78 is 23.6. The molecular weight excluding hydrogens is 519 g/mol. The van der Waals surface area contributed by atoms with Gasteiger partial charge in [0.1, 0.15) is 11.0 Å². The van der Waals surface area contributed by atoms with Crippen LogP contribution in [0.15, 0.2) is 66.2 Å². The molecule has 9 nitrogen and oxygen atoms in total. The largest absolute Gasteiger partial charge is 1.00 e. The predicted octanol–water partition coefficient (Wildman–Crippen LogP) is 0.128. The smallest absolute Gasteiger partial charge is 0.545 e. The number of carboxylic acids is 1. The van der Waals surface area contributed by atoms with E-state index in [1.807, 2.05) is 0 Å². The molecular formula is C27H21N2NaO7S. The number of carbonyl (C=O) groups is 3. The summed E-state index contributed by atoms with van der Waals surface area (Å²) in [4.78, 5) is 38.1. The Hall–Kier alpha value is -3.57. The van der Waals surface area contributed by atoms with E-state index < -0.39 is 17.7 Å². The summed E-state index contributed by atoms with van der Waals surface area (Å²) in [5.41, 5.74) is 2.21. The predicted molar refractivity (Wildman–Crippen MR) is 135 cm³/mol. The van der Waals surface area contributed by atoms with E-state index in [0.29, 0.717) is 33.7 Å². The van der Waals surface area contributed by atoms with Crippen LogP contribution in [-0.4, -0.2) is 47.8 Å². The molecule has 1 heterocycles. The van der Waals surface area contributed by atoms with Gasteiger partial charge in [-0.05, 0) is 53.6 Å².